The van der Waals surface area contributed by atoms with Crippen molar-refractivity contribution in [2.45, 2.75) is 38.3 Å². The Morgan fingerprint density at radius 1 is 1.38 bits per heavy atom. The molecule has 3 rings (SSSR count). The number of likely N-dealkylation sites (tertiary alicyclic amines) is 1. The fourth-order valence-electron chi connectivity index (χ4n) is 3.36. The first-order chi connectivity index (χ1) is 11.5. The molecule has 0 saturated carbocycles. The zero-order chi connectivity index (χ0) is 17.3. The number of hydrogen-bond donors (Lipinski definition) is 1. The van der Waals surface area contributed by atoms with Gasteiger partial charge in [0.1, 0.15) is 0 Å². The second-order valence-electron chi connectivity index (χ2n) is 6.41. The molecule has 2 atom stereocenters. The summed E-state index contributed by atoms with van der Waals surface area (Å²) in [5.41, 5.74) is 2.38. The number of halogens is 1. The highest BCUT2D eigenvalue weighted by Crippen LogP contribution is 2.24. The van der Waals surface area contributed by atoms with Gasteiger partial charge in [0.25, 0.3) is 5.91 Å². The number of hydrogen-bond acceptors (Lipinski definition) is 3. The second-order valence-corrected chi connectivity index (χ2v) is 6.84. The van der Waals surface area contributed by atoms with Crippen LogP contribution in [0.4, 0.5) is 0 Å². The van der Waals surface area contributed by atoms with E-state index in [9.17, 15) is 9.90 Å². The van der Waals surface area contributed by atoms with E-state index >= 15 is 0 Å². The van der Waals surface area contributed by atoms with Crippen molar-refractivity contribution in [3.63, 3.8) is 0 Å². The van der Waals surface area contributed by atoms with E-state index in [1.165, 1.54) is 0 Å². The molecule has 1 N–H and O–H groups in total. The molecule has 0 bridgehead atoms. The number of nitrogens with zero attached hydrogens (tertiary/aromatic N) is 3. The quantitative estimate of drug-likeness (QED) is 0.928. The number of rotatable bonds is 3. The van der Waals surface area contributed by atoms with Crippen LogP contribution in [0.1, 0.15) is 34.5 Å². The molecule has 5 nitrogen and oxygen atoms in total. The van der Waals surface area contributed by atoms with Gasteiger partial charge in [-0.05, 0) is 43.9 Å². The van der Waals surface area contributed by atoms with E-state index in [0.717, 1.165) is 12.0 Å². The number of piperidine rings is 1. The van der Waals surface area contributed by atoms with Gasteiger partial charge >= 0.3 is 0 Å². The average Bonchev–Trinajstić information content (AvgIpc) is 2.89. The summed E-state index contributed by atoms with van der Waals surface area (Å²) in [6.45, 7) is 2.49. The highest BCUT2D eigenvalue weighted by atomic mass is 35.5. The first-order valence-electron chi connectivity index (χ1n) is 8.19. The van der Waals surface area contributed by atoms with Crippen LogP contribution in [0.2, 0.25) is 5.02 Å². The molecule has 1 aromatic carbocycles. The molecular weight excluding hydrogens is 326 g/mol. The SMILES string of the molecule is Cc1nn(C)cc1C(=O)N1CCC[C@H](O)[C@@H]1Cc1ccc(Cl)cc1. The molecular formula is C18H22ClN3O2. The lowest BCUT2D eigenvalue weighted by Crippen LogP contribution is -2.52. The van der Waals surface area contributed by atoms with E-state index in [1.807, 2.05) is 31.2 Å². The van der Waals surface area contributed by atoms with E-state index < -0.39 is 6.10 Å². The summed E-state index contributed by atoms with van der Waals surface area (Å²) >= 11 is 5.94. The lowest BCUT2D eigenvalue weighted by atomic mass is 9.92. The number of benzene rings is 1. The summed E-state index contributed by atoms with van der Waals surface area (Å²) in [5, 5.41) is 15.4. The van der Waals surface area contributed by atoms with Crippen LogP contribution < -0.4 is 0 Å². The number of carbonyl (C=O) groups excluding carboxylic acids is 1. The van der Waals surface area contributed by atoms with Crippen molar-refractivity contribution in [3.05, 3.63) is 52.3 Å². The Bertz CT molecular complexity index is 726. The van der Waals surface area contributed by atoms with Gasteiger partial charge in [-0.25, -0.2) is 0 Å². The van der Waals surface area contributed by atoms with Gasteiger partial charge < -0.3 is 10.0 Å². The molecule has 1 amide bonds. The van der Waals surface area contributed by atoms with Crippen molar-refractivity contribution in [1.82, 2.24) is 14.7 Å². The van der Waals surface area contributed by atoms with Gasteiger partial charge in [-0.2, -0.15) is 5.10 Å². The highest BCUT2D eigenvalue weighted by Gasteiger charge is 2.34. The molecule has 0 aliphatic carbocycles. The standard InChI is InChI=1S/C18H22ClN3O2/c1-12-15(11-21(2)20-12)18(24)22-9-3-4-17(23)16(22)10-13-5-7-14(19)8-6-13/h5-8,11,16-17,23H,3-4,9-10H2,1-2H3/t16-,17-/m0/s1. The van der Waals surface area contributed by atoms with Gasteiger partial charge in [0, 0.05) is 24.8 Å². The first kappa shape index (κ1) is 17.0. The van der Waals surface area contributed by atoms with E-state index in [2.05, 4.69) is 5.10 Å². The van der Waals surface area contributed by atoms with Crippen LogP contribution in [0.5, 0.6) is 0 Å². The summed E-state index contributed by atoms with van der Waals surface area (Å²) in [5.74, 6) is -0.0571. The van der Waals surface area contributed by atoms with E-state index in [4.69, 9.17) is 11.6 Å². The molecule has 24 heavy (non-hydrogen) atoms. The molecule has 0 radical (unpaired) electrons. The van der Waals surface area contributed by atoms with E-state index in [-0.39, 0.29) is 11.9 Å². The maximum atomic E-state index is 13.0. The van der Waals surface area contributed by atoms with Crippen LogP contribution in [0, 0.1) is 6.92 Å². The smallest absolute Gasteiger partial charge is 0.257 e. The number of aromatic nitrogens is 2. The fourth-order valence-corrected chi connectivity index (χ4v) is 3.49. The molecule has 0 unspecified atom stereocenters. The molecule has 6 heteroatoms. The van der Waals surface area contributed by atoms with Crippen molar-refractivity contribution in [1.29, 1.82) is 0 Å². The summed E-state index contributed by atoms with van der Waals surface area (Å²) in [6.07, 6.45) is 3.37. The number of aliphatic hydroxyl groups is 1. The van der Waals surface area contributed by atoms with Crippen LogP contribution in [0.3, 0.4) is 0 Å². The average molecular weight is 348 g/mol. The lowest BCUT2D eigenvalue weighted by Gasteiger charge is -2.39. The van der Waals surface area contributed by atoms with E-state index in [0.29, 0.717) is 35.7 Å². The zero-order valence-electron chi connectivity index (χ0n) is 13.9. The molecule has 1 aliphatic rings. The van der Waals surface area contributed by atoms with Crippen LogP contribution in [0.25, 0.3) is 0 Å². The molecule has 0 spiro atoms. The third kappa shape index (κ3) is 3.47. The van der Waals surface area contributed by atoms with Crippen molar-refractivity contribution in [3.8, 4) is 0 Å². The highest BCUT2D eigenvalue weighted by molar-refractivity contribution is 6.30. The third-order valence-electron chi connectivity index (χ3n) is 4.61. The molecule has 2 heterocycles. The molecule has 128 valence electrons. The van der Waals surface area contributed by atoms with Gasteiger partial charge in [-0.1, -0.05) is 23.7 Å². The Labute approximate surface area is 146 Å². The number of aryl methyl sites for hydroxylation is 2. The number of carbonyl (C=O) groups is 1. The Balaban J connectivity index is 1.85. The minimum Gasteiger partial charge on any atom is -0.391 e. The Morgan fingerprint density at radius 2 is 2.08 bits per heavy atom. The monoisotopic (exact) mass is 347 g/mol. The van der Waals surface area contributed by atoms with Crippen LogP contribution in [-0.4, -0.2) is 44.4 Å². The van der Waals surface area contributed by atoms with Gasteiger partial charge in [0.15, 0.2) is 0 Å². The first-order valence-corrected chi connectivity index (χ1v) is 8.57. The Morgan fingerprint density at radius 3 is 2.71 bits per heavy atom. The molecule has 1 saturated heterocycles. The minimum absolute atomic E-state index is 0.0571. The predicted molar refractivity (Wildman–Crippen MR) is 93.2 cm³/mol. The van der Waals surface area contributed by atoms with Gasteiger partial charge in [-0.15, -0.1) is 0 Å². The molecule has 1 aromatic heterocycles. The van der Waals surface area contributed by atoms with Gasteiger partial charge in [0.2, 0.25) is 0 Å². The van der Waals surface area contributed by atoms with Crippen molar-refractivity contribution >= 4 is 17.5 Å². The summed E-state index contributed by atoms with van der Waals surface area (Å²) in [4.78, 5) is 14.8. The molecule has 2 aromatic rings. The largest absolute Gasteiger partial charge is 0.391 e. The topological polar surface area (TPSA) is 58.4 Å². The maximum absolute atomic E-state index is 13.0. The van der Waals surface area contributed by atoms with Crippen LogP contribution in [-0.2, 0) is 13.5 Å². The summed E-state index contributed by atoms with van der Waals surface area (Å²) in [7, 11) is 1.81. The normalized spacial score (nSPS) is 21.1. The van der Waals surface area contributed by atoms with Gasteiger partial charge in [0.05, 0.1) is 23.4 Å². The summed E-state index contributed by atoms with van der Waals surface area (Å²) in [6, 6.07) is 7.34. The minimum atomic E-state index is -0.518. The number of amides is 1. The maximum Gasteiger partial charge on any atom is 0.257 e. The molecule has 1 fully saturated rings. The van der Waals surface area contributed by atoms with Crippen LogP contribution in [0.15, 0.2) is 30.5 Å². The molecule has 1 aliphatic heterocycles. The summed E-state index contributed by atoms with van der Waals surface area (Å²) < 4.78 is 1.65. The van der Waals surface area contributed by atoms with Crippen LogP contribution >= 0.6 is 11.6 Å². The van der Waals surface area contributed by atoms with Crippen molar-refractivity contribution in [2.24, 2.45) is 7.05 Å². The second kappa shape index (κ2) is 6.95. The Hall–Kier alpha value is -1.85. The zero-order valence-corrected chi connectivity index (χ0v) is 14.7. The third-order valence-corrected chi connectivity index (χ3v) is 4.86. The number of aliphatic hydroxyl groups excluding tert-OH is 1. The van der Waals surface area contributed by atoms with Crippen molar-refractivity contribution < 1.29 is 9.90 Å². The Kier molecular flexibility index (Phi) is 4.92. The predicted octanol–water partition coefficient (Wildman–Crippen LogP) is 2.59. The van der Waals surface area contributed by atoms with E-state index in [1.54, 1.807) is 22.8 Å². The lowest BCUT2D eigenvalue weighted by molar-refractivity contribution is 0.0118. The van der Waals surface area contributed by atoms with Gasteiger partial charge in [-0.3, -0.25) is 9.48 Å². The van der Waals surface area contributed by atoms with Crippen molar-refractivity contribution in [2.75, 3.05) is 6.54 Å². The fraction of sp³-hybridized carbons (Fsp3) is 0.444.